The minimum absolute atomic E-state index is 0.0304. The number of nitrogens with zero attached hydrogens (tertiary/aromatic N) is 3. The third kappa shape index (κ3) is 1.71. The Labute approximate surface area is 105 Å². The van der Waals surface area contributed by atoms with E-state index in [0.717, 1.165) is 18.6 Å². The van der Waals surface area contributed by atoms with Crippen LogP contribution in [-0.4, -0.2) is 26.7 Å². The Bertz CT molecular complexity index is 510. The minimum atomic E-state index is -1.36. The zero-order valence-corrected chi connectivity index (χ0v) is 10.2. The summed E-state index contributed by atoms with van der Waals surface area (Å²) in [7, 11) is 0. The van der Waals surface area contributed by atoms with Crippen LogP contribution in [0, 0.1) is 5.92 Å². The summed E-state index contributed by atoms with van der Waals surface area (Å²) in [5.74, 6) is -0.0546. The first-order valence-corrected chi connectivity index (χ1v) is 6.12. The number of aliphatic hydroxyl groups is 1. The van der Waals surface area contributed by atoms with Crippen LogP contribution in [0.2, 0.25) is 0 Å². The summed E-state index contributed by atoms with van der Waals surface area (Å²) in [6, 6.07) is 3.52. The topological polar surface area (TPSA) is 65.8 Å². The number of hydrazone groups is 1. The van der Waals surface area contributed by atoms with Gasteiger partial charge in [-0.2, -0.15) is 10.1 Å². The summed E-state index contributed by atoms with van der Waals surface area (Å²) in [5, 5.41) is 16.2. The number of amides is 1. The van der Waals surface area contributed by atoms with Crippen molar-refractivity contribution in [1.29, 1.82) is 0 Å². The van der Waals surface area contributed by atoms with Gasteiger partial charge in [-0.3, -0.25) is 9.78 Å². The maximum absolute atomic E-state index is 12.2. The van der Waals surface area contributed by atoms with Crippen molar-refractivity contribution in [3.8, 4) is 0 Å². The van der Waals surface area contributed by atoms with Gasteiger partial charge in [-0.25, -0.2) is 0 Å². The highest BCUT2D eigenvalue weighted by molar-refractivity contribution is 5.90. The predicted octanol–water partition coefficient (Wildman–Crippen LogP) is 1.24. The van der Waals surface area contributed by atoms with E-state index >= 15 is 0 Å². The quantitative estimate of drug-likeness (QED) is 0.852. The molecule has 5 heteroatoms. The molecule has 1 aromatic heterocycles. The van der Waals surface area contributed by atoms with E-state index in [4.69, 9.17) is 0 Å². The zero-order chi connectivity index (χ0) is 12.8. The first kappa shape index (κ1) is 11.3. The molecule has 18 heavy (non-hydrogen) atoms. The van der Waals surface area contributed by atoms with E-state index in [2.05, 4.69) is 10.1 Å². The maximum atomic E-state index is 12.2. The molecule has 1 aliphatic heterocycles. The van der Waals surface area contributed by atoms with E-state index in [-0.39, 0.29) is 11.8 Å². The van der Waals surface area contributed by atoms with Crippen LogP contribution in [-0.2, 0) is 10.5 Å². The second kappa shape index (κ2) is 3.88. The molecule has 0 bridgehead atoms. The van der Waals surface area contributed by atoms with Crippen LogP contribution < -0.4 is 0 Å². The number of aromatic nitrogens is 1. The van der Waals surface area contributed by atoms with Crippen molar-refractivity contribution < 1.29 is 9.90 Å². The molecule has 2 aliphatic rings. The summed E-state index contributed by atoms with van der Waals surface area (Å²) in [6.45, 7) is 1.82. The molecule has 0 saturated heterocycles. The molecule has 1 amide bonds. The molecule has 0 spiro atoms. The van der Waals surface area contributed by atoms with Crippen LogP contribution in [0.1, 0.15) is 31.7 Å². The molecule has 2 heterocycles. The van der Waals surface area contributed by atoms with E-state index in [9.17, 15) is 9.90 Å². The summed E-state index contributed by atoms with van der Waals surface area (Å²) in [4.78, 5) is 16.2. The van der Waals surface area contributed by atoms with E-state index in [0.29, 0.717) is 12.0 Å². The molecule has 1 atom stereocenters. The lowest BCUT2D eigenvalue weighted by molar-refractivity contribution is -0.159. The molecular formula is C13H15N3O2. The van der Waals surface area contributed by atoms with E-state index in [1.165, 1.54) is 5.01 Å². The first-order valence-electron chi connectivity index (χ1n) is 6.12. The van der Waals surface area contributed by atoms with Gasteiger partial charge in [-0.1, -0.05) is 6.07 Å². The number of hydrogen-bond acceptors (Lipinski definition) is 4. The molecule has 1 N–H and O–H groups in total. The van der Waals surface area contributed by atoms with Gasteiger partial charge in [0, 0.05) is 36.0 Å². The molecular weight excluding hydrogens is 230 g/mol. The standard InChI is InChI=1S/C13H15N3O2/c1-9-7-13(18,11-3-2-6-14-8-11)16(15-9)12(17)10-4-5-10/h2-3,6,8,10,18H,4-5,7H2,1H3. The van der Waals surface area contributed by atoms with Crippen molar-refractivity contribution in [3.05, 3.63) is 30.1 Å². The summed E-state index contributed by atoms with van der Waals surface area (Å²) >= 11 is 0. The molecule has 1 fully saturated rings. The van der Waals surface area contributed by atoms with Crippen LogP contribution in [0.3, 0.4) is 0 Å². The normalized spacial score (nSPS) is 27.2. The largest absolute Gasteiger partial charge is 0.365 e. The van der Waals surface area contributed by atoms with Gasteiger partial charge >= 0.3 is 0 Å². The molecule has 94 valence electrons. The van der Waals surface area contributed by atoms with Gasteiger partial charge in [0.2, 0.25) is 5.91 Å². The lowest BCUT2D eigenvalue weighted by Gasteiger charge is -2.31. The van der Waals surface area contributed by atoms with Gasteiger partial charge in [0.1, 0.15) is 0 Å². The Hall–Kier alpha value is -1.75. The molecule has 1 unspecified atom stereocenters. The zero-order valence-electron chi connectivity index (χ0n) is 10.2. The highest BCUT2D eigenvalue weighted by atomic mass is 16.3. The van der Waals surface area contributed by atoms with Crippen LogP contribution >= 0.6 is 0 Å². The number of rotatable bonds is 2. The van der Waals surface area contributed by atoms with Gasteiger partial charge in [0.25, 0.3) is 0 Å². The monoisotopic (exact) mass is 245 g/mol. The van der Waals surface area contributed by atoms with Crippen LogP contribution in [0.5, 0.6) is 0 Å². The third-order valence-corrected chi connectivity index (χ3v) is 3.38. The maximum Gasteiger partial charge on any atom is 0.248 e. The lowest BCUT2D eigenvalue weighted by Crippen LogP contribution is -2.44. The molecule has 0 radical (unpaired) electrons. The summed E-state index contributed by atoms with van der Waals surface area (Å²) < 4.78 is 0. The van der Waals surface area contributed by atoms with Gasteiger partial charge < -0.3 is 5.11 Å². The first-order chi connectivity index (χ1) is 8.61. The fourth-order valence-electron chi connectivity index (χ4n) is 2.28. The van der Waals surface area contributed by atoms with E-state index in [1.807, 2.05) is 6.92 Å². The van der Waals surface area contributed by atoms with Gasteiger partial charge in [-0.05, 0) is 25.8 Å². The van der Waals surface area contributed by atoms with Gasteiger partial charge in [0.15, 0.2) is 5.72 Å². The van der Waals surface area contributed by atoms with Crippen molar-refractivity contribution in [3.63, 3.8) is 0 Å². The Morgan fingerprint density at radius 2 is 2.33 bits per heavy atom. The second-order valence-electron chi connectivity index (χ2n) is 4.99. The van der Waals surface area contributed by atoms with Gasteiger partial charge in [0.05, 0.1) is 0 Å². The Kier molecular flexibility index (Phi) is 2.45. The number of carbonyl (C=O) groups is 1. The molecule has 1 saturated carbocycles. The van der Waals surface area contributed by atoms with Gasteiger partial charge in [-0.15, -0.1) is 0 Å². The van der Waals surface area contributed by atoms with E-state index in [1.54, 1.807) is 24.5 Å². The Morgan fingerprint density at radius 3 is 2.94 bits per heavy atom. The molecule has 3 rings (SSSR count). The average molecular weight is 245 g/mol. The second-order valence-corrected chi connectivity index (χ2v) is 4.99. The molecule has 1 aliphatic carbocycles. The molecule has 0 aromatic carbocycles. The van der Waals surface area contributed by atoms with Crippen LogP contribution in [0.4, 0.5) is 0 Å². The minimum Gasteiger partial charge on any atom is -0.365 e. The van der Waals surface area contributed by atoms with Crippen molar-refractivity contribution in [2.45, 2.75) is 31.9 Å². The number of hydrogen-bond donors (Lipinski definition) is 1. The number of pyridine rings is 1. The van der Waals surface area contributed by atoms with E-state index < -0.39 is 5.72 Å². The highest BCUT2D eigenvalue weighted by Gasteiger charge is 2.48. The lowest BCUT2D eigenvalue weighted by atomic mass is 9.99. The van der Waals surface area contributed by atoms with Crippen molar-refractivity contribution >= 4 is 11.6 Å². The summed E-state index contributed by atoms with van der Waals surface area (Å²) in [5.41, 5.74) is 0.00725. The Balaban J connectivity index is 1.97. The van der Waals surface area contributed by atoms with Crippen LogP contribution in [0.15, 0.2) is 29.6 Å². The Morgan fingerprint density at radius 1 is 1.56 bits per heavy atom. The fourth-order valence-corrected chi connectivity index (χ4v) is 2.28. The van der Waals surface area contributed by atoms with Crippen molar-refractivity contribution in [1.82, 2.24) is 9.99 Å². The van der Waals surface area contributed by atoms with Crippen LogP contribution in [0.25, 0.3) is 0 Å². The van der Waals surface area contributed by atoms with Crippen molar-refractivity contribution in [2.75, 3.05) is 0 Å². The fraction of sp³-hybridized carbons (Fsp3) is 0.462. The predicted molar refractivity (Wildman–Crippen MR) is 65.4 cm³/mol. The summed E-state index contributed by atoms with van der Waals surface area (Å²) in [6.07, 6.45) is 5.36. The SMILES string of the molecule is CC1=NN(C(=O)C2CC2)C(O)(c2cccnc2)C1. The number of carbonyl (C=O) groups excluding carboxylic acids is 1. The average Bonchev–Trinajstić information content (AvgIpc) is 3.16. The van der Waals surface area contributed by atoms with Crippen molar-refractivity contribution in [2.24, 2.45) is 11.0 Å². The molecule has 5 nitrogen and oxygen atoms in total. The highest BCUT2D eigenvalue weighted by Crippen LogP contribution is 2.40. The molecule has 1 aromatic rings. The third-order valence-electron chi connectivity index (χ3n) is 3.38. The smallest absolute Gasteiger partial charge is 0.248 e.